The summed E-state index contributed by atoms with van der Waals surface area (Å²) in [4.78, 5) is 27.7. The van der Waals surface area contributed by atoms with Gasteiger partial charge in [0.05, 0.1) is 11.4 Å². The highest BCUT2D eigenvalue weighted by Gasteiger charge is 2.09. The molecule has 0 saturated carbocycles. The normalized spacial score (nSPS) is 11.1. The quantitative estimate of drug-likeness (QED) is 0.377. The van der Waals surface area contributed by atoms with E-state index in [-0.39, 0.29) is 23.1 Å². The molecule has 1 N–H and O–H groups in total. The number of nitrogens with one attached hydrogen (secondary N) is 1. The van der Waals surface area contributed by atoms with Gasteiger partial charge in [-0.05, 0) is 65.7 Å². The van der Waals surface area contributed by atoms with Gasteiger partial charge in [-0.15, -0.1) is 0 Å². The number of ketones is 1. The maximum absolute atomic E-state index is 13.1. The molecule has 6 heteroatoms. The zero-order valence-electron chi connectivity index (χ0n) is 15.7. The number of nitrogens with zero attached hydrogens (tertiary/aromatic N) is 1. The van der Waals surface area contributed by atoms with Crippen LogP contribution in [0, 0.1) is 11.6 Å². The average molecular weight is 402 g/mol. The number of imidazole rings is 1. The zero-order chi connectivity index (χ0) is 21.1. The molecule has 4 rings (SSSR count). The lowest BCUT2D eigenvalue weighted by atomic mass is 10.1. The van der Waals surface area contributed by atoms with Crippen molar-refractivity contribution < 1.29 is 13.6 Å². The molecule has 0 fully saturated rings. The summed E-state index contributed by atoms with van der Waals surface area (Å²) in [6.07, 6.45) is 4.60. The van der Waals surface area contributed by atoms with Crippen LogP contribution in [0.1, 0.15) is 15.9 Å². The molecule has 0 amide bonds. The Morgan fingerprint density at radius 2 is 1.57 bits per heavy atom. The molecule has 0 atom stereocenters. The molecular weight excluding hydrogens is 386 g/mol. The number of allylic oxidation sites excluding steroid dienone is 1. The first kappa shape index (κ1) is 19.3. The van der Waals surface area contributed by atoms with Gasteiger partial charge < -0.3 is 4.98 Å². The second kappa shape index (κ2) is 8.13. The van der Waals surface area contributed by atoms with Crippen LogP contribution in [0.3, 0.4) is 0 Å². The summed E-state index contributed by atoms with van der Waals surface area (Å²) in [7, 11) is 0. The van der Waals surface area contributed by atoms with Gasteiger partial charge in [-0.3, -0.25) is 9.36 Å². The molecule has 0 aliphatic rings. The molecular formula is C24H16F2N2O2. The van der Waals surface area contributed by atoms with Crippen LogP contribution in [0.4, 0.5) is 8.78 Å². The van der Waals surface area contributed by atoms with Crippen molar-refractivity contribution >= 4 is 11.9 Å². The Morgan fingerprint density at radius 1 is 0.900 bits per heavy atom. The highest BCUT2D eigenvalue weighted by molar-refractivity contribution is 6.07. The molecule has 148 valence electrons. The molecule has 0 bridgehead atoms. The molecule has 0 spiro atoms. The Morgan fingerprint density at radius 3 is 2.27 bits per heavy atom. The number of hydrogen-bond donors (Lipinski definition) is 1. The second-order valence-corrected chi connectivity index (χ2v) is 6.65. The molecule has 0 unspecified atom stereocenters. The highest BCUT2D eigenvalue weighted by Crippen LogP contribution is 2.18. The predicted molar refractivity (Wildman–Crippen MR) is 112 cm³/mol. The van der Waals surface area contributed by atoms with Crippen LogP contribution in [0.15, 0.2) is 89.9 Å². The first-order chi connectivity index (χ1) is 14.5. The summed E-state index contributed by atoms with van der Waals surface area (Å²) in [6, 6.07) is 18.2. The molecule has 30 heavy (non-hydrogen) atoms. The lowest BCUT2D eigenvalue weighted by molar-refractivity contribution is 0.104. The number of benzene rings is 3. The fourth-order valence-electron chi connectivity index (χ4n) is 3.01. The largest absolute Gasteiger partial charge is 0.330 e. The van der Waals surface area contributed by atoms with Crippen LogP contribution in [0.2, 0.25) is 0 Å². The monoisotopic (exact) mass is 402 g/mol. The maximum Gasteiger partial charge on any atom is 0.330 e. The smallest absolute Gasteiger partial charge is 0.305 e. The fourth-order valence-corrected chi connectivity index (χ4v) is 3.01. The molecule has 1 aromatic heterocycles. The number of carbonyl (C=O) groups is 1. The van der Waals surface area contributed by atoms with E-state index >= 15 is 0 Å². The lowest BCUT2D eigenvalue weighted by Crippen LogP contribution is -2.14. The SMILES string of the molecule is O=C(/C=C/c1ccc(F)cc1)c1cccc(-n2cc(-c3ccc(F)cc3)[nH]c2=O)c1. The Bertz CT molecular complexity index is 1280. The van der Waals surface area contributed by atoms with Crippen LogP contribution in [0.5, 0.6) is 0 Å². The van der Waals surface area contributed by atoms with Crippen molar-refractivity contribution in [1.29, 1.82) is 0 Å². The minimum Gasteiger partial charge on any atom is -0.305 e. The summed E-state index contributed by atoms with van der Waals surface area (Å²) in [6.45, 7) is 0. The molecule has 0 aliphatic carbocycles. The number of aromatic amines is 1. The van der Waals surface area contributed by atoms with E-state index in [0.29, 0.717) is 28.1 Å². The standard InChI is InChI=1S/C24H16F2N2O2/c25-19-9-4-16(5-10-19)6-13-23(29)18-2-1-3-21(14-18)28-15-22(27-24(28)30)17-7-11-20(26)12-8-17/h1-15H,(H,27,30)/b13-6+. The number of hydrogen-bond acceptors (Lipinski definition) is 2. The van der Waals surface area contributed by atoms with E-state index in [1.165, 1.54) is 34.9 Å². The van der Waals surface area contributed by atoms with Gasteiger partial charge in [-0.1, -0.05) is 30.3 Å². The molecule has 0 saturated heterocycles. The molecule has 1 heterocycles. The van der Waals surface area contributed by atoms with Crippen molar-refractivity contribution in [2.45, 2.75) is 0 Å². The van der Waals surface area contributed by atoms with E-state index < -0.39 is 0 Å². The van der Waals surface area contributed by atoms with Crippen LogP contribution < -0.4 is 5.69 Å². The van der Waals surface area contributed by atoms with Gasteiger partial charge in [0.25, 0.3) is 0 Å². The summed E-state index contributed by atoms with van der Waals surface area (Å²) >= 11 is 0. The molecule has 0 radical (unpaired) electrons. The Balaban J connectivity index is 1.60. The Hall–Kier alpha value is -4.06. The van der Waals surface area contributed by atoms with Gasteiger partial charge in [0.1, 0.15) is 11.6 Å². The minimum atomic E-state index is -0.374. The van der Waals surface area contributed by atoms with Gasteiger partial charge in [0.2, 0.25) is 0 Å². The number of halogens is 2. The first-order valence-electron chi connectivity index (χ1n) is 9.16. The molecule has 4 aromatic rings. The zero-order valence-corrected chi connectivity index (χ0v) is 15.7. The van der Waals surface area contributed by atoms with Gasteiger partial charge in [-0.25, -0.2) is 13.6 Å². The van der Waals surface area contributed by atoms with Crippen molar-refractivity contribution in [3.8, 4) is 16.9 Å². The van der Waals surface area contributed by atoms with Gasteiger partial charge in [-0.2, -0.15) is 0 Å². The summed E-state index contributed by atoms with van der Waals surface area (Å²) in [5, 5.41) is 0. The van der Waals surface area contributed by atoms with Gasteiger partial charge >= 0.3 is 5.69 Å². The maximum atomic E-state index is 13.1. The van der Waals surface area contributed by atoms with E-state index in [0.717, 1.165) is 0 Å². The van der Waals surface area contributed by atoms with Crippen molar-refractivity contribution in [1.82, 2.24) is 9.55 Å². The topological polar surface area (TPSA) is 54.9 Å². The van der Waals surface area contributed by atoms with E-state index in [1.807, 2.05) is 0 Å². The van der Waals surface area contributed by atoms with Gasteiger partial charge in [0, 0.05) is 11.8 Å². The molecule has 4 nitrogen and oxygen atoms in total. The van der Waals surface area contributed by atoms with Crippen LogP contribution in [-0.4, -0.2) is 15.3 Å². The predicted octanol–water partition coefficient (Wildman–Crippen LogP) is 5.01. The number of carbonyl (C=O) groups excluding carboxylic acids is 1. The summed E-state index contributed by atoms with van der Waals surface area (Å²) < 4.78 is 27.5. The summed E-state index contributed by atoms with van der Waals surface area (Å²) in [5.74, 6) is -0.952. The van der Waals surface area contributed by atoms with Crippen molar-refractivity contribution in [3.63, 3.8) is 0 Å². The van der Waals surface area contributed by atoms with Gasteiger partial charge in [0.15, 0.2) is 5.78 Å². The Labute approximate surface area is 170 Å². The fraction of sp³-hybridized carbons (Fsp3) is 0. The Kier molecular flexibility index (Phi) is 5.22. The van der Waals surface area contributed by atoms with Crippen LogP contribution >= 0.6 is 0 Å². The summed E-state index contributed by atoms with van der Waals surface area (Å²) in [5.41, 5.74) is 2.45. The first-order valence-corrected chi connectivity index (χ1v) is 9.16. The molecule has 3 aromatic carbocycles. The lowest BCUT2D eigenvalue weighted by Gasteiger charge is -2.03. The third kappa shape index (κ3) is 4.17. The van der Waals surface area contributed by atoms with Crippen molar-refractivity contribution in [3.05, 3.63) is 118 Å². The highest BCUT2D eigenvalue weighted by atomic mass is 19.1. The van der Waals surface area contributed by atoms with Crippen LogP contribution in [-0.2, 0) is 0 Å². The van der Waals surface area contributed by atoms with Crippen molar-refractivity contribution in [2.24, 2.45) is 0 Å². The second-order valence-electron chi connectivity index (χ2n) is 6.65. The number of rotatable bonds is 5. The minimum absolute atomic E-state index is 0.247. The van der Waals surface area contributed by atoms with Crippen LogP contribution in [0.25, 0.3) is 23.0 Å². The van der Waals surface area contributed by atoms with Crippen molar-refractivity contribution in [2.75, 3.05) is 0 Å². The van der Waals surface area contributed by atoms with E-state index in [4.69, 9.17) is 0 Å². The van der Waals surface area contributed by atoms with E-state index in [2.05, 4.69) is 4.98 Å². The number of H-pyrrole nitrogens is 1. The average Bonchev–Trinajstić information content (AvgIpc) is 3.15. The third-order valence-corrected chi connectivity index (χ3v) is 4.58. The molecule has 0 aliphatic heterocycles. The van der Waals surface area contributed by atoms with E-state index in [9.17, 15) is 18.4 Å². The number of aromatic nitrogens is 2. The third-order valence-electron chi connectivity index (χ3n) is 4.58. The van der Waals surface area contributed by atoms with E-state index in [1.54, 1.807) is 60.8 Å².